The molecule has 3 unspecified atom stereocenters. The second-order valence-corrected chi connectivity index (χ2v) is 10.7. The summed E-state index contributed by atoms with van der Waals surface area (Å²) in [7, 11) is 3.79. The minimum atomic E-state index is -0.194. The summed E-state index contributed by atoms with van der Waals surface area (Å²) in [5.74, 6) is 3.37. The number of aryl methyl sites for hydroxylation is 2. The van der Waals surface area contributed by atoms with Gasteiger partial charge in [0.25, 0.3) is 5.91 Å². The van der Waals surface area contributed by atoms with Crippen molar-refractivity contribution in [3.63, 3.8) is 0 Å². The number of hydrogen-bond donors (Lipinski definition) is 1. The molecule has 7 rings (SSSR count). The number of benzene rings is 1. The fourth-order valence-corrected chi connectivity index (χ4v) is 6.11. The van der Waals surface area contributed by atoms with E-state index in [4.69, 9.17) is 13.9 Å². The van der Waals surface area contributed by atoms with E-state index in [1.807, 2.05) is 6.92 Å². The number of aromatic nitrogens is 2. The molecule has 198 valence electrons. The number of likely N-dealkylation sites (N-methyl/N-ethyl adjacent to an activating group) is 1. The Balaban J connectivity index is 0.000000197. The van der Waals surface area contributed by atoms with Crippen molar-refractivity contribution >= 4 is 28.7 Å². The molecule has 0 radical (unpaired) electrons. The summed E-state index contributed by atoms with van der Waals surface area (Å²) in [6.45, 7) is 7.08. The van der Waals surface area contributed by atoms with E-state index in [-0.39, 0.29) is 5.91 Å². The van der Waals surface area contributed by atoms with Gasteiger partial charge in [0, 0.05) is 49.4 Å². The van der Waals surface area contributed by atoms with Crippen LogP contribution in [-0.2, 0) is 4.74 Å². The largest absolute Gasteiger partial charge is 0.460 e. The Hall–Kier alpha value is -3.69. The van der Waals surface area contributed by atoms with Crippen LogP contribution in [0.4, 0.5) is 0 Å². The van der Waals surface area contributed by atoms with Gasteiger partial charge in [-0.2, -0.15) is 5.10 Å². The molecule has 0 bridgehead atoms. The zero-order valence-electron chi connectivity index (χ0n) is 22.1. The fourth-order valence-electron chi connectivity index (χ4n) is 6.11. The van der Waals surface area contributed by atoms with Crippen LogP contribution in [-0.4, -0.2) is 66.1 Å². The van der Waals surface area contributed by atoms with Gasteiger partial charge in [-0.1, -0.05) is 0 Å². The first-order valence-corrected chi connectivity index (χ1v) is 13.0. The number of aldehydes is 1. The number of carbonyl (C=O) groups is 2. The fraction of sp³-hybridized carbons (Fsp3) is 0.414. The Kier molecular flexibility index (Phi) is 6.00. The molecular formula is C29H32N4O5. The molecule has 1 aliphatic carbocycles. The SMILES string of the molecule is CN1CCC2(C1)OCC1CC12.CNC(=O)c1c(C)oc2cc(Oc3ccnn4cc(C=O)c(C)c34)ccc12. The predicted molar refractivity (Wildman–Crippen MR) is 142 cm³/mol. The maximum Gasteiger partial charge on any atom is 0.255 e. The molecule has 1 saturated carbocycles. The third-order valence-electron chi connectivity index (χ3n) is 8.21. The molecule has 1 N–H and O–H groups in total. The van der Waals surface area contributed by atoms with Gasteiger partial charge in [0.2, 0.25) is 0 Å². The van der Waals surface area contributed by atoms with Crippen LogP contribution < -0.4 is 10.1 Å². The zero-order chi connectivity index (χ0) is 26.6. The van der Waals surface area contributed by atoms with Crippen LogP contribution >= 0.6 is 0 Å². The van der Waals surface area contributed by atoms with Crippen LogP contribution in [0.3, 0.4) is 0 Å². The topological polar surface area (TPSA) is 98.3 Å². The van der Waals surface area contributed by atoms with Crippen LogP contribution in [0.1, 0.15) is 44.9 Å². The summed E-state index contributed by atoms with van der Waals surface area (Å²) in [5, 5.41) is 7.57. The quantitative estimate of drug-likeness (QED) is 0.402. The number of amides is 1. The highest BCUT2D eigenvalue weighted by molar-refractivity contribution is 6.07. The highest BCUT2D eigenvalue weighted by Gasteiger charge is 2.60. The first-order valence-electron chi connectivity index (χ1n) is 13.0. The van der Waals surface area contributed by atoms with Crippen molar-refractivity contribution in [2.45, 2.75) is 32.3 Å². The van der Waals surface area contributed by atoms with Crippen LogP contribution in [0.2, 0.25) is 0 Å². The minimum absolute atomic E-state index is 0.194. The van der Waals surface area contributed by atoms with Gasteiger partial charge in [0.05, 0.1) is 24.0 Å². The van der Waals surface area contributed by atoms with Crippen molar-refractivity contribution in [1.82, 2.24) is 19.8 Å². The lowest BCUT2D eigenvalue weighted by Gasteiger charge is -2.24. The average molecular weight is 517 g/mol. The van der Waals surface area contributed by atoms with Crippen molar-refractivity contribution in [3.05, 3.63) is 59.1 Å². The van der Waals surface area contributed by atoms with Gasteiger partial charge in [-0.25, -0.2) is 4.52 Å². The molecule has 38 heavy (non-hydrogen) atoms. The normalized spacial score (nSPS) is 23.9. The Morgan fingerprint density at radius 2 is 2.13 bits per heavy atom. The second kappa shape index (κ2) is 9.25. The second-order valence-electron chi connectivity index (χ2n) is 10.7. The van der Waals surface area contributed by atoms with Gasteiger partial charge < -0.3 is 24.1 Å². The van der Waals surface area contributed by atoms with E-state index in [1.54, 1.807) is 55.1 Å². The van der Waals surface area contributed by atoms with Gasteiger partial charge in [0.15, 0.2) is 12.0 Å². The number of fused-ring (bicyclic) bond motifs is 4. The van der Waals surface area contributed by atoms with Crippen LogP contribution in [0, 0.1) is 25.7 Å². The third kappa shape index (κ3) is 4.06. The Labute approximate surface area is 220 Å². The van der Waals surface area contributed by atoms with Crippen molar-refractivity contribution in [3.8, 4) is 11.5 Å². The van der Waals surface area contributed by atoms with Gasteiger partial charge in [-0.15, -0.1) is 0 Å². The molecule has 3 atom stereocenters. The minimum Gasteiger partial charge on any atom is -0.460 e. The first kappa shape index (κ1) is 24.6. The molecule has 2 aliphatic heterocycles. The molecule has 9 heteroatoms. The van der Waals surface area contributed by atoms with E-state index < -0.39 is 0 Å². The highest BCUT2D eigenvalue weighted by atomic mass is 16.5. The molecule has 3 aromatic heterocycles. The monoisotopic (exact) mass is 516 g/mol. The van der Waals surface area contributed by atoms with E-state index in [0.717, 1.165) is 41.2 Å². The third-order valence-corrected chi connectivity index (χ3v) is 8.21. The molecule has 9 nitrogen and oxygen atoms in total. The molecule has 4 aromatic rings. The Bertz CT molecular complexity index is 1560. The van der Waals surface area contributed by atoms with E-state index >= 15 is 0 Å². The van der Waals surface area contributed by atoms with Crippen molar-refractivity contribution in [1.29, 1.82) is 0 Å². The summed E-state index contributed by atoms with van der Waals surface area (Å²) in [6.07, 6.45) is 6.80. The molecule has 1 spiro atoms. The van der Waals surface area contributed by atoms with Crippen LogP contribution in [0.5, 0.6) is 11.5 Å². The van der Waals surface area contributed by atoms with E-state index in [1.165, 1.54) is 25.9 Å². The summed E-state index contributed by atoms with van der Waals surface area (Å²) in [5.41, 5.74) is 3.48. The summed E-state index contributed by atoms with van der Waals surface area (Å²) in [4.78, 5) is 25.7. The van der Waals surface area contributed by atoms with E-state index in [2.05, 4.69) is 22.4 Å². The first-order chi connectivity index (χ1) is 18.3. The van der Waals surface area contributed by atoms with Crippen molar-refractivity contribution < 1.29 is 23.5 Å². The average Bonchev–Trinajstić information content (AvgIpc) is 3.13. The lowest BCUT2D eigenvalue weighted by Crippen LogP contribution is -2.34. The number of ether oxygens (including phenoxy) is 2. The Morgan fingerprint density at radius 1 is 1.29 bits per heavy atom. The number of likely N-dealkylation sites (tertiary alicyclic amines) is 1. The van der Waals surface area contributed by atoms with E-state index in [0.29, 0.717) is 39.6 Å². The lowest BCUT2D eigenvalue weighted by atomic mass is 9.97. The molecular weight excluding hydrogens is 484 g/mol. The molecule has 2 saturated heterocycles. The maximum absolute atomic E-state index is 12.1. The van der Waals surface area contributed by atoms with Crippen LogP contribution in [0.25, 0.3) is 16.5 Å². The molecule has 3 aliphatic rings. The standard InChI is InChI=1S/C20H17N3O4.C9H15NO/c1-11-13(10-24)9-23-19(11)16(6-7-22-23)27-14-4-5-15-17(8-14)26-12(2)18(15)20(25)21-3;1-10-3-2-9(6-10)8-4-7(8)5-11-9/h4-10H,1-3H3,(H,21,25);7-8H,2-6H2,1H3. The number of nitrogens with zero attached hydrogens (tertiary/aromatic N) is 3. The number of hydrogen-bond acceptors (Lipinski definition) is 7. The Morgan fingerprint density at radius 3 is 2.79 bits per heavy atom. The smallest absolute Gasteiger partial charge is 0.255 e. The van der Waals surface area contributed by atoms with Crippen molar-refractivity contribution in [2.24, 2.45) is 11.8 Å². The lowest BCUT2D eigenvalue weighted by molar-refractivity contribution is -0.0143. The molecule has 1 amide bonds. The van der Waals surface area contributed by atoms with E-state index in [9.17, 15) is 9.59 Å². The molecule has 5 heterocycles. The summed E-state index contributed by atoms with van der Waals surface area (Å²) in [6, 6.07) is 7.06. The molecule has 1 aromatic carbocycles. The number of rotatable bonds is 4. The number of carbonyl (C=O) groups excluding carboxylic acids is 2. The van der Waals surface area contributed by atoms with Gasteiger partial charge in [-0.3, -0.25) is 9.59 Å². The molecule has 3 fully saturated rings. The number of furan rings is 1. The van der Waals surface area contributed by atoms with Gasteiger partial charge in [-0.05, 0) is 63.3 Å². The predicted octanol–water partition coefficient (Wildman–Crippen LogP) is 4.39. The summed E-state index contributed by atoms with van der Waals surface area (Å²) < 4.78 is 19.3. The zero-order valence-corrected chi connectivity index (χ0v) is 22.1. The van der Waals surface area contributed by atoms with Crippen LogP contribution in [0.15, 0.2) is 41.1 Å². The van der Waals surface area contributed by atoms with Gasteiger partial charge >= 0.3 is 0 Å². The van der Waals surface area contributed by atoms with Gasteiger partial charge in [0.1, 0.15) is 22.6 Å². The summed E-state index contributed by atoms with van der Waals surface area (Å²) >= 11 is 0. The van der Waals surface area contributed by atoms with Crippen molar-refractivity contribution in [2.75, 3.05) is 33.8 Å². The number of nitrogens with one attached hydrogen (secondary N) is 1. The maximum atomic E-state index is 12.1. The highest BCUT2D eigenvalue weighted by Crippen LogP contribution is 2.57.